The van der Waals surface area contributed by atoms with Gasteiger partial charge in [0, 0.05) is 0 Å². The minimum Gasteiger partial charge on any atom is -0.100 e. The molecule has 0 aromatic rings. The molecule has 0 saturated heterocycles. The van der Waals surface area contributed by atoms with Crippen LogP contribution in [0.3, 0.4) is 0 Å². The van der Waals surface area contributed by atoms with E-state index in [0.717, 1.165) is 6.42 Å². The number of hydrogen-bond acceptors (Lipinski definition) is 0. The van der Waals surface area contributed by atoms with Gasteiger partial charge in [0.1, 0.15) is 0 Å². The normalized spacial score (nSPS) is 11.2. The highest BCUT2D eigenvalue weighted by atomic mass is 14.2. The molecule has 70 valence electrons. The fourth-order valence-corrected chi connectivity index (χ4v) is 1.56. The molecular weight excluding hydrogens is 144 g/mol. The molecule has 0 N–H and O–H groups in total. The van der Waals surface area contributed by atoms with Crippen molar-refractivity contribution in [2.75, 3.05) is 0 Å². The van der Waals surface area contributed by atoms with Crippen LogP contribution >= 0.6 is 0 Å². The largest absolute Gasteiger partial charge is 0.100 e. The summed E-state index contributed by atoms with van der Waals surface area (Å²) in [7, 11) is 0. The Morgan fingerprint density at radius 1 is 1.08 bits per heavy atom. The molecule has 0 aliphatic rings. The topological polar surface area (TPSA) is 0 Å². The molecule has 0 nitrogen and oxygen atoms in total. The summed E-state index contributed by atoms with van der Waals surface area (Å²) in [6.45, 7) is 17.2. The molecule has 12 heavy (non-hydrogen) atoms. The van der Waals surface area contributed by atoms with E-state index in [0.29, 0.717) is 0 Å². The molecule has 0 heteroatoms. The van der Waals surface area contributed by atoms with Crippen LogP contribution in [0.4, 0.5) is 0 Å². The van der Waals surface area contributed by atoms with Gasteiger partial charge in [0.2, 0.25) is 0 Å². The van der Waals surface area contributed by atoms with Gasteiger partial charge in [0.05, 0.1) is 0 Å². The number of rotatable bonds is 3. The lowest BCUT2D eigenvalue weighted by atomic mass is 9.78. The Morgan fingerprint density at radius 3 is 1.75 bits per heavy atom. The maximum atomic E-state index is 3.96. The van der Waals surface area contributed by atoms with Crippen molar-refractivity contribution in [3.63, 3.8) is 0 Å². The highest BCUT2D eigenvalue weighted by molar-refractivity contribution is 5.17. The Labute approximate surface area is 77.4 Å². The highest BCUT2D eigenvalue weighted by Gasteiger charge is 2.20. The fraction of sp³-hybridized carbons (Fsp3) is 0.667. The summed E-state index contributed by atoms with van der Waals surface area (Å²) >= 11 is 0. The second-order valence-corrected chi connectivity index (χ2v) is 4.64. The third-order valence-electron chi connectivity index (χ3n) is 2.51. The Kier molecular flexibility index (Phi) is 3.76. The lowest BCUT2D eigenvalue weighted by Crippen LogP contribution is -2.14. The summed E-state index contributed by atoms with van der Waals surface area (Å²) in [4.78, 5) is 0. The molecule has 0 amide bonds. The Balaban J connectivity index is 4.62. The third kappa shape index (κ3) is 3.25. The van der Waals surface area contributed by atoms with E-state index < -0.39 is 0 Å². The standard InChI is InChI=1S/C12H22/c1-9(2)8-12(6,7)11(5)10(3)4/h1,8H2,2-7H3. The molecule has 0 rings (SSSR count). The van der Waals surface area contributed by atoms with Crippen LogP contribution in [0.25, 0.3) is 0 Å². The monoisotopic (exact) mass is 166 g/mol. The summed E-state index contributed by atoms with van der Waals surface area (Å²) in [5.74, 6) is 0. The van der Waals surface area contributed by atoms with Crippen LogP contribution in [0.15, 0.2) is 23.3 Å². The first-order valence-electron chi connectivity index (χ1n) is 4.56. The highest BCUT2D eigenvalue weighted by Crippen LogP contribution is 2.34. The van der Waals surface area contributed by atoms with Gasteiger partial charge < -0.3 is 0 Å². The van der Waals surface area contributed by atoms with Crippen molar-refractivity contribution in [2.24, 2.45) is 5.41 Å². The summed E-state index contributed by atoms with van der Waals surface area (Å²) in [5, 5.41) is 0. The van der Waals surface area contributed by atoms with E-state index in [1.54, 1.807) is 0 Å². The van der Waals surface area contributed by atoms with Crippen molar-refractivity contribution >= 4 is 0 Å². The summed E-state index contributed by atoms with van der Waals surface area (Å²) in [6.07, 6.45) is 1.09. The molecular formula is C12H22. The number of hydrogen-bond donors (Lipinski definition) is 0. The molecule has 0 aliphatic carbocycles. The number of allylic oxidation sites excluding steroid dienone is 3. The summed E-state index contributed by atoms with van der Waals surface area (Å²) < 4.78 is 0. The second kappa shape index (κ2) is 3.93. The molecule has 0 aliphatic heterocycles. The van der Waals surface area contributed by atoms with E-state index in [9.17, 15) is 0 Å². The summed E-state index contributed by atoms with van der Waals surface area (Å²) in [5.41, 5.74) is 4.47. The Bertz CT molecular complexity index is 200. The quantitative estimate of drug-likeness (QED) is 0.547. The van der Waals surface area contributed by atoms with Crippen LogP contribution in [0, 0.1) is 5.41 Å². The minimum atomic E-state index is 0.282. The maximum Gasteiger partial charge on any atom is -0.0108 e. The van der Waals surface area contributed by atoms with Crippen LogP contribution in [-0.4, -0.2) is 0 Å². The van der Waals surface area contributed by atoms with Crippen molar-refractivity contribution in [1.82, 2.24) is 0 Å². The first-order chi connectivity index (χ1) is 5.27. The average molecular weight is 166 g/mol. The van der Waals surface area contributed by atoms with Crippen LogP contribution < -0.4 is 0 Å². The first-order valence-corrected chi connectivity index (χ1v) is 4.56. The molecule has 0 bridgehead atoms. The van der Waals surface area contributed by atoms with Gasteiger partial charge in [-0.15, -0.1) is 6.58 Å². The molecule has 0 aromatic carbocycles. The molecule has 0 fully saturated rings. The van der Waals surface area contributed by atoms with Crippen LogP contribution in [0.2, 0.25) is 0 Å². The molecule has 0 radical (unpaired) electrons. The van der Waals surface area contributed by atoms with Gasteiger partial charge in [-0.3, -0.25) is 0 Å². The van der Waals surface area contributed by atoms with Gasteiger partial charge >= 0.3 is 0 Å². The van der Waals surface area contributed by atoms with Crippen molar-refractivity contribution in [3.05, 3.63) is 23.3 Å². The van der Waals surface area contributed by atoms with E-state index in [4.69, 9.17) is 0 Å². The lowest BCUT2D eigenvalue weighted by molar-refractivity contribution is 0.438. The smallest absolute Gasteiger partial charge is 0.0108 e. The van der Waals surface area contributed by atoms with Crippen LogP contribution in [0.5, 0.6) is 0 Å². The molecule has 0 atom stereocenters. The molecule has 0 spiro atoms. The van der Waals surface area contributed by atoms with E-state index in [1.165, 1.54) is 16.7 Å². The predicted octanol–water partition coefficient (Wildman–Crippen LogP) is 4.34. The van der Waals surface area contributed by atoms with Gasteiger partial charge in [-0.2, -0.15) is 0 Å². The van der Waals surface area contributed by atoms with Crippen LogP contribution in [-0.2, 0) is 0 Å². The van der Waals surface area contributed by atoms with Crippen molar-refractivity contribution in [2.45, 2.75) is 48.0 Å². The van der Waals surface area contributed by atoms with E-state index in [1.807, 2.05) is 0 Å². The van der Waals surface area contributed by atoms with Gasteiger partial charge in [0.15, 0.2) is 0 Å². The first kappa shape index (κ1) is 11.5. The maximum absolute atomic E-state index is 3.96. The van der Waals surface area contributed by atoms with Gasteiger partial charge in [-0.1, -0.05) is 30.6 Å². The zero-order valence-corrected chi connectivity index (χ0v) is 9.41. The second-order valence-electron chi connectivity index (χ2n) is 4.64. The Hall–Kier alpha value is -0.520. The molecule has 0 heterocycles. The molecule has 0 unspecified atom stereocenters. The third-order valence-corrected chi connectivity index (χ3v) is 2.51. The van der Waals surface area contributed by atoms with E-state index in [2.05, 4.69) is 48.1 Å². The molecule has 0 aromatic heterocycles. The summed E-state index contributed by atoms with van der Waals surface area (Å²) in [6, 6.07) is 0. The van der Waals surface area contributed by atoms with Gasteiger partial charge in [0.25, 0.3) is 0 Å². The average Bonchev–Trinajstić information content (AvgIpc) is 1.82. The van der Waals surface area contributed by atoms with Gasteiger partial charge in [-0.25, -0.2) is 0 Å². The minimum absolute atomic E-state index is 0.282. The molecule has 0 saturated carbocycles. The van der Waals surface area contributed by atoms with E-state index in [-0.39, 0.29) is 5.41 Å². The fourth-order valence-electron chi connectivity index (χ4n) is 1.56. The Morgan fingerprint density at radius 2 is 1.50 bits per heavy atom. The predicted molar refractivity (Wildman–Crippen MR) is 57.3 cm³/mol. The lowest BCUT2D eigenvalue weighted by Gasteiger charge is -2.27. The zero-order chi connectivity index (χ0) is 9.94. The van der Waals surface area contributed by atoms with Crippen molar-refractivity contribution in [3.8, 4) is 0 Å². The van der Waals surface area contributed by atoms with Gasteiger partial charge in [-0.05, 0) is 39.5 Å². The SMILES string of the molecule is C=C(C)CC(C)(C)C(C)=C(C)C. The van der Waals surface area contributed by atoms with Crippen molar-refractivity contribution < 1.29 is 0 Å². The van der Waals surface area contributed by atoms with E-state index >= 15 is 0 Å². The zero-order valence-electron chi connectivity index (χ0n) is 9.41. The van der Waals surface area contributed by atoms with Crippen LogP contribution in [0.1, 0.15) is 48.0 Å². The van der Waals surface area contributed by atoms with Crippen molar-refractivity contribution in [1.29, 1.82) is 0 Å².